The fourth-order valence-corrected chi connectivity index (χ4v) is 2.57. The maximum atomic E-state index is 12.1. The number of hydrogen-bond donors (Lipinski definition) is 2. The molecule has 1 aromatic heterocycles. The van der Waals surface area contributed by atoms with E-state index in [9.17, 15) is 4.79 Å². The van der Waals surface area contributed by atoms with Gasteiger partial charge in [-0.25, -0.2) is 0 Å². The van der Waals surface area contributed by atoms with Gasteiger partial charge in [-0.2, -0.15) is 0 Å². The number of aromatic nitrogens is 1. The van der Waals surface area contributed by atoms with Crippen molar-refractivity contribution in [2.24, 2.45) is 0 Å². The Labute approximate surface area is 120 Å². The number of anilines is 1. The van der Waals surface area contributed by atoms with E-state index < -0.39 is 0 Å². The summed E-state index contributed by atoms with van der Waals surface area (Å²) in [6.45, 7) is 4.67. The lowest BCUT2D eigenvalue weighted by molar-refractivity contribution is 0.0923. The molecule has 5 heteroatoms. The average molecular weight is 276 g/mol. The molecular weight excluding hydrogens is 252 g/mol. The number of pyridine rings is 1. The Balaban J connectivity index is 1.89. The Morgan fingerprint density at radius 2 is 2.35 bits per heavy atom. The molecule has 1 aromatic rings. The van der Waals surface area contributed by atoms with Gasteiger partial charge in [-0.1, -0.05) is 6.42 Å². The lowest BCUT2D eigenvalue weighted by atomic mass is 10.0. The van der Waals surface area contributed by atoms with E-state index >= 15 is 0 Å². The number of likely N-dealkylation sites (tertiary alicyclic amines) is 1. The summed E-state index contributed by atoms with van der Waals surface area (Å²) in [6, 6.07) is 4.11. The van der Waals surface area contributed by atoms with Crippen LogP contribution in [0, 0.1) is 0 Å². The lowest BCUT2D eigenvalue weighted by Gasteiger charge is -2.32. The van der Waals surface area contributed by atoms with Crippen molar-refractivity contribution in [2.45, 2.75) is 32.2 Å². The summed E-state index contributed by atoms with van der Waals surface area (Å²) < 4.78 is 0. The van der Waals surface area contributed by atoms with Crippen LogP contribution < -0.4 is 10.6 Å². The molecule has 1 atom stereocenters. The zero-order valence-corrected chi connectivity index (χ0v) is 12.4. The van der Waals surface area contributed by atoms with Gasteiger partial charge < -0.3 is 15.5 Å². The minimum absolute atomic E-state index is 0.0938. The predicted octanol–water partition coefficient (Wildman–Crippen LogP) is 1.73. The predicted molar refractivity (Wildman–Crippen MR) is 81.0 cm³/mol. The van der Waals surface area contributed by atoms with E-state index in [-0.39, 0.29) is 5.91 Å². The molecule has 0 aliphatic carbocycles. The summed E-state index contributed by atoms with van der Waals surface area (Å²) in [5.41, 5.74) is 1.41. The van der Waals surface area contributed by atoms with Gasteiger partial charge in [-0.3, -0.25) is 9.78 Å². The first-order valence-corrected chi connectivity index (χ1v) is 7.39. The number of carbonyl (C=O) groups is 1. The van der Waals surface area contributed by atoms with Gasteiger partial charge in [0.1, 0.15) is 5.69 Å². The molecule has 0 aromatic carbocycles. The molecule has 0 spiro atoms. The van der Waals surface area contributed by atoms with Crippen molar-refractivity contribution in [3.05, 3.63) is 24.0 Å². The fraction of sp³-hybridized carbons (Fsp3) is 0.600. The number of piperidine rings is 1. The summed E-state index contributed by atoms with van der Waals surface area (Å²) in [5, 5.41) is 6.18. The van der Waals surface area contributed by atoms with Gasteiger partial charge in [-0.15, -0.1) is 0 Å². The van der Waals surface area contributed by atoms with Gasteiger partial charge in [0.2, 0.25) is 0 Å². The van der Waals surface area contributed by atoms with Crippen LogP contribution in [0.4, 0.5) is 5.69 Å². The van der Waals surface area contributed by atoms with Crippen molar-refractivity contribution < 1.29 is 4.79 Å². The van der Waals surface area contributed by atoms with Gasteiger partial charge in [0.25, 0.3) is 5.91 Å². The molecular formula is C15H24N4O. The fourth-order valence-electron chi connectivity index (χ4n) is 2.57. The molecule has 0 bridgehead atoms. The van der Waals surface area contributed by atoms with Gasteiger partial charge in [0, 0.05) is 31.0 Å². The first kappa shape index (κ1) is 14.8. The molecule has 1 unspecified atom stereocenters. The standard InChI is InChI=1S/C15H24N4O/c1-3-16-12-7-8-17-14(10-12)15(20)18-11-13-6-4-5-9-19(13)2/h7-8,10,13H,3-6,9,11H2,1-2H3,(H,16,17)(H,18,20). The van der Waals surface area contributed by atoms with Crippen molar-refractivity contribution in [3.8, 4) is 0 Å². The Morgan fingerprint density at radius 1 is 1.50 bits per heavy atom. The lowest BCUT2D eigenvalue weighted by Crippen LogP contribution is -2.44. The maximum Gasteiger partial charge on any atom is 0.270 e. The zero-order valence-electron chi connectivity index (χ0n) is 12.4. The topological polar surface area (TPSA) is 57.3 Å². The highest BCUT2D eigenvalue weighted by Crippen LogP contribution is 2.14. The first-order valence-electron chi connectivity index (χ1n) is 7.39. The number of carbonyl (C=O) groups excluding carboxylic acids is 1. The average Bonchev–Trinajstić information content (AvgIpc) is 2.47. The van der Waals surface area contributed by atoms with E-state index in [1.165, 1.54) is 12.8 Å². The molecule has 5 nitrogen and oxygen atoms in total. The zero-order chi connectivity index (χ0) is 14.4. The molecule has 2 rings (SSSR count). The highest BCUT2D eigenvalue weighted by molar-refractivity contribution is 5.93. The molecule has 20 heavy (non-hydrogen) atoms. The Kier molecular flexibility index (Phi) is 5.35. The van der Waals surface area contributed by atoms with Gasteiger partial charge >= 0.3 is 0 Å². The largest absolute Gasteiger partial charge is 0.385 e. The van der Waals surface area contributed by atoms with Gasteiger partial charge in [0.15, 0.2) is 0 Å². The van der Waals surface area contributed by atoms with Crippen LogP contribution in [0.25, 0.3) is 0 Å². The smallest absolute Gasteiger partial charge is 0.270 e. The number of amides is 1. The van der Waals surface area contributed by atoms with Crippen molar-refractivity contribution >= 4 is 11.6 Å². The van der Waals surface area contributed by atoms with Crippen molar-refractivity contribution in [3.63, 3.8) is 0 Å². The number of likely N-dealkylation sites (N-methyl/N-ethyl adjacent to an activating group) is 1. The Hall–Kier alpha value is -1.62. The second-order valence-corrected chi connectivity index (χ2v) is 5.30. The van der Waals surface area contributed by atoms with Crippen LogP contribution in [0.1, 0.15) is 36.7 Å². The monoisotopic (exact) mass is 276 g/mol. The Morgan fingerprint density at radius 3 is 3.10 bits per heavy atom. The number of nitrogens with zero attached hydrogens (tertiary/aromatic N) is 2. The minimum Gasteiger partial charge on any atom is -0.385 e. The van der Waals surface area contributed by atoms with E-state index in [1.807, 2.05) is 13.0 Å². The van der Waals surface area contributed by atoms with Crippen molar-refractivity contribution in [1.82, 2.24) is 15.2 Å². The summed E-state index contributed by atoms with van der Waals surface area (Å²) >= 11 is 0. The van der Waals surface area contributed by atoms with Crippen molar-refractivity contribution in [1.29, 1.82) is 0 Å². The van der Waals surface area contributed by atoms with Crippen LogP contribution in [-0.2, 0) is 0 Å². The van der Waals surface area contributed by atoms with Crippen molar-refractivity contribution in [2.75, 3.05) is 32.0 Å². The van der Waals surface area contributed by atoms with Crippen LogP contribution >= 0.6 is 0 Å². The summed E-state index contributed by atoms with van der Waals surface area (Å²) in [7, 11) is 2.13. The highest BCUT2D eigenvalue weighted by atomic mass is 16.1. The molecule has 2 heterocycles. The van der Waals surface area contributed by atoms with E-state index in [1.54, 1.807) is 12.3 Å². The molecule has 1 fully saturated rings. The Bertz CT molecular complexity index is 449. The summed E-state index contributed by atoms with van der Waals surface area (Å²) in [6.07, 6.45) is 5.33. The third kappa shape index (κ3) is 3.93. The summed E-state index contributed by atoms with van der Waals surface area (Å²) in [5.74, 6) is -0.0938. The number of hydrogen-bond acceptors (Lipinski definition) is 4. The SMILES string of the molecule is CCNc1ccnc(C(=O)NCC2CCCCN2C)c1. The number of nitrogens with one attached hydrogen (secondary N) is 2. The third-order valence-corrected chi connectivity index (χ3v) is 3.79. The van der Waals surface area contributed by atoms with Crippen LogP contribution in [-0.4, -0.2) is 48.5 Å². The summed E-state index contributed by atoms with van der Waals surface area (Å²) in [4.78, 5) is 18.6. The molecule has 1 saturated heterocycles. The molecule has 0 radical (unpaired) electrons. The minimum atomic E-state index is -0.0938. The second kappa shape index (κ2) is 7.24. The van der Waals surface area contributed by atoms with E-state index in [4.69, 9.17) is 0 Å². The van der Waals surface area contributed by atoms with Gasteiger partial charge in [0.05, 0.1) is 0 Å². The maximum absolute atomic E-state index is 12.1. The van der Waals surface area contributed by atoms with E-state index in [0.717, 1.165) is 25.2 Å². The molecule has 110 valence electrons. The molecule has 2 N–H and O–H groups in total. The quantitative estimate of drug-likeness (QED) is 0.860. The second-order valence-electron chi connectivity index (χ2n) is 5.30. The molecule has 1 aliphatic rings. The highest BCUT2D eigenvalue weighted by Gasteiger charge is 2.19. The normalized spacial score (nSPS) is 19.6. The van der Waals surface area contributed by atoms with Crippen LogP contribution in [0.3, 0.4) is 0 Å². The van der Waals surface area contributed by atoms with E-state index in [2.05, 4.69) is 27.6 Å². The molecule has 1 aliphatic heterocycles. The van der Waals surface area contributed by atoms with Crippen LogP contribution in [0.2, 0.25) is 0 Å². The van der Waals surface area contributed by atoms with Gasteiger partial charge in [-0.05, 0) is 45.5 Å². The van der Waals surface area contributed by atoms with Crippen LogP contribution in [0.15, 0.2) is 18.3 Å². The molecule has 1 amide bonds. The third-order valence-electron chi connectivity index (χ3n) is 3.79. The number of rotatable bonds is 5. The van der Waals surface area contributed by atoms with Crippen LogP contribution in [0.5, 0.6) is 0 Å². The van der Waals surface area contributed by atoms with E-state index in [0.29, 0.717) is 18.3 Å². The molecule has 0 saturated carbocycles. The first-order chi connectivity index (χ1) is 9.70.